The van der Waals surface area contributed by atoms with E-state index in [2.05, 4.69) is 0 Å². The summed E-state index contributed by atoms with van der Waals surface area (Å²) in [5, 5.41) is 73.9. The van der Waals surface area contributed by atoms with Gasteiger partial charge >= 0.3 is 5.97 Å². The van der Waals surface area contributed by atoms with Crippen molar-refractivity contribution in [3.63, 3.8) is 0 Å². The maximum atomic E-state index is 12.4. The number of hydrogen-bond donors (Lipinski definition) is 13. The highest BCUT2D eigenvalue weighted by atomic mass is 16.4. The molecule has 5 amide bonds. The fourth-order valence-corrected chi connectivity index (χ4v) is 2.41. The molecule has 37 heavy (non-hydrogen) atoms. The normalized spacial score (nSPS) is 15.6. The highest BCUT2D eigenvalue weighted by molar-refractivity contribution is 5.96. The van der Waals surface area contributed by atoms with Crippen LogP contribution in [0.4, 0.5) is 0 Å². The Hall–Kier alpha value is -3.46. The van der Waals surface area contributed by atoms with E-state index in [0.29, 0.717) is 0 Å². The highest BCUT2D eigenvalue weighted by Crippen LogP contribution is 1.95. The van der Waals surface area contributed by atoms with E-state index in [1.165, 1.54) is 0 Å². The number of aliphatic hydroxyl groups is 6. The van der Waals surface area contributed by atoms with Crippen LogP contribution in [-0.2, 0) is 28.8 Å². The maximum absolute atomic E-state index is 12.4. The van der Waals surface area contributed by atoms with Gasteiger partial charge in [0.15, 0.2) is 0 Å². The predicted molar refractivity (Wildman–Crippen MR) is 118 cm³/mol. The number of carboxylic acid groups (broad SMARTS) is 1. The second kappa shape index (κ2) is 17.1. The number of carbonyl (C=O) groups excluding carboxylic acids is 5. The first kappa shape index (κ1) is 33.5. The van der Waals surface area contributed by atoms with Gasteiger partial charge in [-0.3, -0.25) is 24.0 Å². The molecule has 0 aliphatic carbocycles. The Morgan fingerprint density at radius 3 is 0.919 bits per heavy atom. The lowest BCUT2D eigenvalue weighted by atomic mass is 10.2. The summed E-state index contributed by atoms with van der Waals surface area (Å²) in [5.41, 5.74) is 5.28. The molecule has 0 aliphatic heterocycles. The van der Waals surface area contributed by atoms with Crippen molar-refractivity contribution in [1.82, 2.24) is 26.6 Å². The van der Waals surface area contributed by atoms with Gasteiger partial charge < -0.3 is 68.1 Å². The lowest BCUT2D eigenvalue weighted by Gasteiger charge is -2.24. The number of aliphatic carboxylic acids is 1. The molecule has 6 atom stereocenters. The van der Waals surface area contributed by atoms with E-state index >= 15 is 0 Å². The fourth-order valence-electron chi connectivity index (χ4n) is 2.41. The van der Waals surface area contributed by atoms with Gasteiger partial charge in [-0.1, -0.05) is 0 Å². The Labute approximate surface area is 209 Å². The third kappa shape index (κ3) is 11.0. The second-order valence-corrected chi connectivity index (χ2v) is 7.35. The lowest BCUT2D eigenvalue weighted by Crippen LogP contribution is -2.61. The first-order chi connectivity index (χ1) is 17.4. The van der Waals surface area contributed by atoms with Crippen molar-refractivity contribution in [2.24, 2.45) is 5.73 Å². The van der Waals surface area contributed by atoms with Crippen LogP contribution in [-0.4, -0.2) is 147 Å². The summed E-state index contributed by atoms with van der Waals surface area (Å²) in [6, 6.07) is -10.1. The van der Waals surface area contributed by atoms with E-state index in [9.17, 15) is 49.2 Å². The zero-order valence-electron chi connectivity index (χ0n) is 19.4. The van der Waals surface area contributed by atoms with Gasteiger partial charge in [-0.15, -0.1) is 0 Å². The molecule has 0 saturated heterocycles. The molecule has 0 fully saturated rings. The standard InChI is InChI=1S/C18H32N6O13/c19-7(1-25)13(31)20-8(2-26)14(32)21-9(3-27)15(33)22-10(4-28)16(34)23-11(5-29)17(35)24-12(6-30)18(36)37/h7-12,25-30H,1-6,19H2,(H,20,31)(H,21,32)(H,22,33)(H,23,34)(H,24,35)(H,36,37). The van der Waals surface area contributed by atoms with E-state index in [0.717, 1.165) is 0 Å². The smallest absolute Gasteiger partial charge is 0.328 e. The van der Waals surface area contributed by atoms with Crippen LogP contribution in [0.3, 0.4) is 0 Å². The summed E-state index contributed by atoms with van der Waals surface area (Å²) >= 11 is 0. The molecule has 0 aromatic rings. The minimum Gasteiger partial charge on any atom is -0.480 e. The molecular formula is C18H32N6O13. The van der Waals surface area contributed by atoms with Gasteiger partial charge in [-0.05, 0) is 0 Å². The molecule has 0 aliphatic rings. The van der Waals surface area contributed by atoms with Crippen molar-refractivity contribution >= 4 is 35.5 Å². The molecule has 0 spiro atoms. The van der Waals surface area contributed by atoms with E-state index in [1.54, 1.807) is 0 Å². The minimum atomic E-state index is -1.79. The average Bonchev–Trinajstić information content (AvgIpc) is 2.88. The van der Waals surface area contributed by atoms with Gasteiger partial charge in [-0.25, -0.2) is 4.79 Å². The van der Waals surface area contributed by atoms with Crippen LogP contribution >= 0.6 is 0 Å². The molecule has 0 saturated carbocycles. The Morgan fingerprint density at radius 1 is 0.459 bits per heavy atom. The molecule has 19 nitrogen and oxygen atoms in total. The summed E-state index contributed by atoms with van der Waals surface area (Å²) < 4.78 is 0. The molecule has 0 rings (SSSR count). The molecular weight excluding hydrogens is 508 g/mol. The SMILES string of the molecule is NC(CO)C(=O)NC(CO)C(=O)NC(CO)C(=O)NC(CO)C(=O)NC(CO)C(=O)NC(CO)C(=O)O. The molecule has 0 radical (unpaired) electrons. The Balaban J connectivity index is 5.23. The van der Waals surface area contributed by atoms with Crippen LogP contribution in [0.25, 0.3) is 0 Å². The Kier molecular flexibility index (Phi) is 15.5. The van der Waals surface area contributed by atoms with Gasteiger partial charge in [0.05, 0.1) is 39.6 Å². The van der Waals surface area contributed by atoms with Crippen LogP contribution in [0.5, 0.6) is 0 Å². The minimum absolute atomic E-state index is 0.766. The van der Waals surface area contributed by atoms with E-state index in [1.807, 2.05) is 26.6 Å². The quantitative estimate of drug-likeness (QED) is 0.0814. The number of aliphatic hydroxyl groups excluding tert-OH is 6. The maximum Gasteiger partial charge on any atom is 0.328 e. The average molecular weight is 540 g/mol. The zero-order chi connectivity index (χ0) is 28.7. The van der Waals surface area contributed by atoms with E-state index in [-0.39, 0.29) is 0 Å². The van der Waals surface area contributed by atoms with Gasteiger partial charge in [0.1, 0.15) is 36.3 Å². The molecule has 6 unspecified atom stereocenters. The summed E-state index contributed by atoms with van der Waals surface area (Å²) in [6.45, 7) is -5.86. The van der Waals surface area contributed by atoms with Crippen LogP contribution < -0.4 is 32.3 Å². The lowest BCUT2D eigenvalue weighted by molar-refractivity contribution is -0.143. The molecule has 0 heterocycles. The van der Waals surface area contributed by atoms with Crippen LogP contribution in [0.15, 0.2) is 0 Å². The number of nitrogens with two attached hydrogens (primary N) is 1. The highest BCUT2D eigenvalue weighted by Gasteiger charge is 2.32. The Bertz CT molecular complexity index is 813. The molecule has 212 valence electrons. The number of nitrogens with one attached hydrogen (secondary N) is 5. The second-order valence-electron chi connectivity index (χ2n) is 7.35. The largest absolute Gasteiger partial charge is 0.480 e. The number of rotatable bonds is 17. The summed E-state index contributed by atoms with van der Waals surface area (Å²) in [5.74, 6) is -7.43. The summed E-state index contributed by atoms with van der Waals surface area (Å²) in [4.78, 5) is 71.7. The van der Waals surface area contributed by atoms with Crippen molar-refractivity contribution in [3.05, 3.63) is 0 Å². The molecule has 0 aromatic carbocycles. The molecule has 0 bridgehead atoms. The number of carbonyl (C=O) groups is 6. The molecule has 0 aromatic heterocycles. The summed E-state index contributed by atoms with van der Waals surface area (Å²) in [7, 11) is 0. The number of hydrogen-bond acceptors (Lipinski definition) is 13. The van der Waals surface area contributed by atoms with Crippen LogP contribution in [0, 0.1) is 0 Å². The first-order valence-corrected chi connectivity index (χ1v) is 10.6. The number of amides is 5. The van der Waals surface area contributed by atoms with Gasteiger partial charge in [-0.2, -0.15) is 0 Å². The van der Waals surface area contributed by atoms with Crippen molar-refractivity contribution in [3.8, 4) is 0 Å². The van der Waals surface area contributed by atoms with Crippen molar-refractivity contribution in [2.75, 3.05) is 39.6 Å². The van der Waals surface area contributed by atoms with E-state index < -0.39 is 111 Å². The predicted octanol–water partition coefficient (Wildman–Crippen LogP) is -9.22. The molecule has 19 heteroatoms. The van der Waals surface area contributed by atoms with Gasteiger partial charge in [0.2, 0.25) is 29.5 Å². The Morgan fingerprint density at radius 2 is 0.703 bits per heavy atom. The van der Waals surface area contributed by atoms with Gasteiger partial charge in [0.25, 0.3) is 0 Å². The zero-order valence-corrected chi connectivity index (χ0v) is 19.4. The van der Waals surface area contributed by atoms with E-state index in [4.69, 9.17) is 21.1 Å². The first-order valence-electron chi connectivity index (χ1n) is 10.6. The molecule has 14 N–H and O–H groups in total. The summed E-state index contributed by atoms with van der Waals surface area (Å²) in [6.07, 6.45) is 0. The topological polar surface area (TPSA) is 330 Å². The van der Waals surface area contributed by atoms with Crippen LogP contribution in [0.1, 0.15) is 0 Å². The van der Waals surface area contributed by atoms with Crippen molar-refractivity contribution < 1.29 is 64.5 Å². The third-order valence-electron chi connectivity index (χ3n) is 4.59. The van der Waals surface area contributed by atoms with Crippen LogP contribution in [0.2, 0.25) is 0 Å². The third-order valence-corrected chi connectivity index (χ3v) is 4.59. The van der Waals surface area contributed by atoms with Crippen molar-refractivity contribution in [2.45, 2.75) is 36.3 Å². The fraction of sp³-hybridized carbons (Fsp3) is 0.667. The van der Waals surface area contributed by atoms with Gasteiger partial charge in [0, 0.05) is 0 Å². The monoisotopic (exact) mass is 540 g/mol. The van der Waals surface area contributed by atoms with Crippen molar-refractivity contribution in [1.29, 1.82) is 0 Å². The number of carboxylic acids is 1.